The monoisotopic (exact) mass is 275 g/mol. The topological polar surface area (TPSA) is 38.2 Å². The van der Waals surface area contributed by atoms with E-state index in [1.165, 1.54) is 6.42 Å². The van der Waals surface area contributed by atoms with Crippen LogP contribution >= 0.6 is 23.2 Å². The van der Waals surface area contributed by atoms with E-state index >= 15 is 0 Å². The SMILES string of the molecule is COc1ncc(Cl)c(N2CCCC(CCl)C2)n1. The van der Waals surface area contributed by atoms with Crippen molar-refractivity contribution in [3.63, 3.8) is 0 Å². The van der Waals surface area contributed by atoms with E-state index in [0.29, 0.717) is 22.8 Å². The number of hydrogen-bond acceptors (Lipinski definition) is 4. The number of alkyl halides is 1. The molecule has 0 saturated carbocycles. The number of anilines is 1. The van der Waals surface area contributed by atoms with E-state index in [-0.39, 0.29) is 0 Å². The van der Waals surface area contributed by atoms with Crippen molar-refractivity contribution in [2.24, 2.45) is 5.92 Å². The van der Waals surface area contributed by atoms with E-state index in [1.54, 1.807) is 13.3 Å². The highest BCUT2D eigenvalue weighted by molar-refractivity contribution is 6.32. The van der Waals surface area contributed by atoms with Gasteiger partial charge in [-0.15, -0.1) is 11.6 Å². The molecule has 1 aliphatic heterocycles. The predicted octanol–water partition coefficient (Wildman–Crippen LogP) is 2.59. The van der Waals surface area contributed by atoms with Gasteiger partial charge < -0.3 is 9.64 Å². The minimum absolute atomic E-state index is 0.345. The van der Waals surface area contributed by atoms with Gasteiger partial charge in [0.1, 0.15) is 5.02 Å². The van der Waals surface area contributed by atoms with Crippen LogP contribution < -0.4 is 9.64 Å². The van der Waals surface area contributed by atoms with Crippen molar-refractivity contribution in [1.29, 1.82) is 0 Å². The molecule has 94 valence electrons. The highest BCUT2D eigenvalue weighted by Crippen LogP contribution is 2.28. The number of aromatic nitrogens is 2. The minimum atomic E-state index is 0.345. The normalized spacial score (nSPS) is 20.4. The molecule has 0 aromatic carbocycles. The molecule has 1 aliphatic rings. The van der Waals surface area contributed by atoms with Crippen LogP contribution in [-0.4, -0.2) is 36.0 Å². The van der Waals surface area contributed by atoms with Gasteiger partial charge in [0.25, 0.3) is 0 Å². The number of piperidine rings is 1. The van der Waals surface area contributed by atoms with Crippen molar-refractivity contribution in [3.05, 3.63) is 11.2 Å². The summed E-state index contributed by atoms with van der Waals surface area (Å²) in [6.07, 6.45) is 3.85. The van der Waals surface area contributed by atoms with Gasteiger partial charge in [0.15, 0.2) is 5.82 Å². The molecule has 0 spiro atoms. The van der Waals surface area contributed by atoms with E-state index in [0.717, 1.165) is 25.3 Å². The zero-order valence-electron chi connectivity index (χ0n) is 9.70. The maximum absolute atomic E-state index is 6.12. The van der Waals surface area contributed by atoms with Gasteiger partial charge in [0, 0.05) is 19.0 Å². The van der Waals surface area contributed by atoms with Crippen LogP contribution in [-0.2, 0) is 0 Å². The lowest BCUT2D eigenvalue weighted by Crippen LogP contribution is -2.36. The minimum Gasteiger partial charge on any atom is -0.467 e. The van der Waals surface area contributed by atoms with Crippen LogP contribution in [0, 0.1) is 5.92 Å². The summed E-state index contributed by atoms with van der Waals surface area (Å²) < 4.78 is 5.02. The molecule has 1 aromatic rings. The van der Waals surface area contributed by atoms with E-state index in [2.05, 4.69) is 14.9 Å². The molecule has 2 heterocycles. The molecule has 2 rings (SSSR count). The molecule has 1 aromatic heterocycles. The Labute approximate surface area is 111 Å². The number of hydrogen-bond donors (Lipinski definition) is 0. The molecule has 1 unspecified atom stereocenters. The Bertz CT molecular complexity index is 389. The van der Waals surface area contributed by atoms with Crippen LogP contribution in [0.1, 0.15) is 12.8 Å². The fourth-order valence-corrected chi connectivity index (χ4v) is 2.51. The second kappa shape index (κ2) is 5.74. The van der Waals surface area contributed by atoms with Crippen LogP contribution in [0.5, 0.6) is 6.01 Å². The summed E-state index contributed by atoms with van der Waals surface area (Å²) in [6.45, 7) is 1.84. The fraction of sp³-hybridized carbons (Fsp3) is 0.636. The molecule has 1 atom stereocenters. The summed E-state index contributed by atoms with van der Waals surface area (Å²) in [5.41, 5.74) is 0. The molecule has 0 radical (unpaired) electrons. The van der Waals surface area contributed by atoms with Gasteiger partial charge >= 0.3 is 6.01 Å². The summed E-state index contributed by atoms with van der Waals surface area (Å²) in [6, 6.07) is 0.345. The maximum Gasteiger partial charge on any atom is 0.318 e. The molecule has 17 heavy (non-hydrogen) atoms. The van der Waals surface area contributed by atoms with Gasteiger partial charge in [0.2, 0.25) is 0 Å². The lowest BCUT2D eigenvalue weighted by molar-refractivity contribution is 0.378. The standard InChI is InChI=1S/C11H15Cl2N3O/c1-17-11-14-6-9(13)10(15-11)16-4-2-3-8(5-12)7-16/h6,8H,2-5,7H2,1H3. The molecular weight excluding hydrogens is 261 g/mol. The van der Waals surface area contributed by atoms with Crippen molar-refractivity contribution in [2.45, 2.75) is 12.8 Å². The molecule has 0 aliphatic carbocycles. The Morgan fingerprint density at radius 3 is 3.12 bits per heavy atom. The smallest absolute Gasteiger partial charge is 0.318 e. The summed E-state index contributed by atoms with van der Waals surface area (Å²) in [4.78, 5) is 10.4. The first-order valence-electron chi connectivity index (χ1n) is 5.62. The average Bonchev–Trinajstić information content (AvgIpc) is 2.39. The molecular formula is C11H15Cl2N3O. The number of halogens is 2. The van der Waals surface area contributed by atoms with E-state index in [1.807, 2.05) is 0 Å². The van der Waals surface area contributed by atoms with Crippen LogP contribution in [0.4, 0.5) is 5.82 Å². The fourth-order valence-electron chi connectivity index (χ4n) is 2.05. The van der Waals surface area contributed by atoms with Crippen LogP contribution in [0.3, 0.4) is 0 Å². The Morgan fingerprint density at radius 2 is 2.41 bits per heavy atom. The van der Waals surface area contributed by atoms with Gasteiger partial charge in [-0.2, -0.15) is 4.98 Å². The second-order valence-corrected chi connectivity index (χ2v) is 4.85. The summed E-state index contributed by atoms with van der Waals surface area (Å²) in [5.74, 6) is 1.92. The number of methoxy groups -OCH3 is 1. The number of ether oxygens (including phenoxy) is 1. The Kier molecular flexibility index (Phi) is 4.29. The van der Waals surface area contributed by atoms with Crippen molar-refractivity contribution in [1.82, 2.24) is 9.97 Å². The molecule has 0 amide bonds. The molecule has 1 fully saturated rings. The maximum atomic E-state index is 6.12. The second-order valence-electron chi connectivity index (χ2n) is 4.14. The van der Waals surface area contributed by atoms with Crippen LogP contribution in [0.2, 0.25) is 5.02 Å². The first-order valence-corrected chi connectivity index (χ1v) is 6.53. The van der Waals surface area contributed by atoms with E-state index in [9.17, 15) is 0 Å². The first-order chi connectivity index (χ1) is 8.24. The number of rotatable bonds is 3. The van der Waals surface area contributed by atoms with Crippen molar-refractivity contribution in [2.75, 3.05) is 31.0 Å². The lowest BCUT2D eigenvalue weighted by atomic mass is 10.0. The van der Waals surface area contributed by atoms with Crippen molar-refractivity contribution in [3.8, 4) is 6.01 Å². The number of nitrogens with zero attached hydrogens (tertiary/aromatic N) is 3. The largest absolute Gasteiger partial charge is 0.467 e. The zero-order valence-corrected chi connectivity index (χ0v) is 11.2. The van der Waals surface area contributed by atoms with E-state index < -0.39 is 0 Å². The van der Waals surface area contributed by atoms with Crippen molar-refractivity contribution >= 4 is 29.0 Å². The third-order valence-corrected chi connectivity index (χ3v) is 3.63. The summed E-state index contributed by atoms with van der Waals surface area (Å²) in [5, 5.41) is 0.557. The molecule has 0 N–H and O–H groups in total. The summed E-state index contributed by atoms with van der Waals surface area (Å²) >= 11 is 12.0. The van der Waals surface area contributed by atoms with Crippen LogP contribution in [0.25, 0.3) is 0 Å². The average molecular weight is 276 g/mol. The molecule has 4 nitrogen and oxygen atoms in total. The quantitative estimate of drug-likeness (QED) is 0.795. The molecule has 0 bridgehead atoms. The third-order valence-electron chi connectivity index (χ3n) is 2.92. The zero-order chi connectivity index (χ0) is 12.3. The van der Waals surface area contributed by atoms with Gasteiger partial charge in [0.05, 0.1) is 13.3 Å². The van der Waals surface area contributed by atoms with Gasteiger partial charge in [-0.25, -0.2) is 4.98 Å². The Balaban J connectivity index is 2.20. The van der Waals surface area contributed by atoms with E-state index in [4.69, 9.17) is 27.9 Å². The van der Waals surface area contributed by atoms with Gasteiger partial charge in [-0.1, -0.05) is 11.6 Å². The Morgan fingerprint density at radius 1 is 1.59 bits per heavy atom. The Hall–Kier alpha value is -0.740. The third kappa shape index (κ3) is 2.93. The van der Waals surface area contributed by atoms with Gasteiger partial charge in [-0.05, 0) is 18.8 Å². The summed E-state index contributed by atoms with van der Waals surface area (Å²) in [7, 11) is 1.55. The highest BCUT2D eigenvalue weighted by Gasteiger charge is 2.22. The first kappa shape index (κ1) is 12.7. The molecule has 1 saturated heterocycles. The van der Waals surface area contributed by atoms with Crippen LogP contribution in [0.15, 0.2) is 6.20 Å². The highest BCUT2D eigenvalue weighted by atomic mass is 35.5. The lowest BCUT2D eigenvalue weighted by Gasteiger charge is -2.33. The van der Waals surface area contributed by atoms with Crippen molar-refractivity contribution < 1.29 is 4.74 Å². The predicted molar refractivity (Wildman–Crippen MR) is 69.3 cm³/mol. The van der Waals surface area contributed by atoms with Gasteiger partial charge in [-0.3, -0.25) is 0 Å². The molecule has 6 heteroatoms.